The molecular formula is C16H13BrN6O3S2. The third-order valence-corrected chi connectivity index (χ3v) is 6.51. The van der Waals surface area contributed by atoms with Crippen LogP contribution in [0.2, 0.25) is 0 Å². The van der Waals surface area contributed by atoms with E-state index in [4.69, 9.17) is 0 Å². The normalized spacial score (nSPS) is 11.2. The van der Waals surface area contributed by atoms with Gasteiger partial charge in [0.15, 0.2) is 16.3 Å². The Bertz CT molecular complexity index is 1330. The zero-order chi connectivity index (χ0) is 20.0. The predicted molar refractivity (Wildman–Crippen MR) is 112 cm³/mol. The zero-order valence-corrected chi connectivity index (χ0v) is 17.9. The van der Waals surface area contributed by atoms with Crippen molar-refractivity contribution in [3.63, 3.8) is 0 Å². The number of carbonyl (C=O) groups is 1. The summed E-state index contributed by atoms with van der Waals surface area (Å²) in [5, 5.41) is 5.07. The minimum Gasteiger partial charge on any atom is -0.315 e. The first-order chi connectivity index (χ1) is 13.3. The van der Waals surface area contributed by atoms with Crippen LogP contribution < -0.4 is 16.6 Å². The summed E-state index contributed by atoms with van der Waals surface area (Å²) in [6, 6.07) is 3.89. The fraction of sp³-hybridized carbons (Fsp3) is 0.188. The fourth-order valence-electron chi connectivity index (χ4n) is 2.73. The standard InChI is InChI=1S/C16H13BrN6O3S2/c1-21-13-12(14(25)22(2)16(21)26)23(7-18-13)5-11(24)20-15-19-8(6-27-15)9-3-4-10(17)28-9/h3-4,6-7H,5H2,1-2H3,(H,19,20,24). The van der Waals surface area contributed by atoms with Gasteiger partial charge in [0.2, 0.25) is 5.91 Å². The van der Waals surface area contributed by atoms with Gasteiger partial charge in [0, 0.05) is 19.5 Å². The molecule has 0 fully saturated rings. The van der Waals surface area contributed by atoms with Gasteiger partial charge in [-0.2, -0.15) is 0 Å². The van der Waals surface area contributed by atoms with E-state index in [2.05, 4.69) is 31.2 Å². The first-order valence-corrected chi connectivity index (χ1v) is 10.5. The number of amides is 1. The highest BCUT2D eigenvalue weighted by molar-refractivity contribution is 9.11. The molecule has 0 spiro atoms. The number of nitrogens with zero attached hydrogens (tertiary/aromatic N) is 5. The SMILES string of the molecule is Cn1c(=O)c2c(ncn2CC(=O)Nc2nc(-c3ccc(Br)s3)cs2)n(C)c1=O. The van der Waals surface area contributed by atoms with Gasteiger partial charge < -0.3 is 9.88 Å². The van der Waals surface area contributed by atoms with Gasteiger partial charge in [-0.1, -0.05) is 0 Å². The molecule has 0 unspecified atom stereocenters. The molecule has 4 heterocycles. The van der Waals surface area contributed by atoms with Gasteiger partial charge in [0.25, 0.3) is 5.56 Å². The molecule has 12 heteroatoms. The largest absolute Gasteiger partial charge is 0.332 e. The van der Waals surface area contributed by atoms with Crippen molar-refractivity contribution in [1.82, 2.24) is 23.7 Å². The molecule has 0 aliphatic rings. The van der Waals surface area contributed by atoms with Crippen molar-refractivity contribution in [3.05, 3.63) is 48.5 Å². The summed E-state index contributed by atoms with van der Waals surface area (Å²) in [5.41, 5.74) is 0.252. The summed E-state index contributed by atoms with van der Waals surface area (Å²) in [7, 11) is 2.92. The van der Waals surface area contributed by atoms with Crippen LogP contribution in [-0.2, 0) is 25.4 Å². The Morgan fingerprint density at radius 3 is 2.75 bits per heavy atom. The van der Waals surface area contributed by atoms with Gasteiger partial charge >= 0.3 is 5.69 Å². The molecular weight excluding hydrogens is 468 g/mol. The Hall–Kier alpha value is -2.57. The lowest BCUT2D eigenvalue weighted by molar-refractivity contribution is -0.116. The number of rotatable bonds is 4. The Labute approximate surface area is 174 Å². The molecule has 0 bridgehead atoms. The number of nitrogens with one attached hydrogen (secondary N) is 1. The van der Waals surface area contributed by atoms with E-state index >= 15 is 0 Å². The second-order valence-corrected chi connectivity index (χ2v) is 9.26. The van der Waals surface area contributed by atoms with Crippen molar-refractivity contribution in [2.24, 2.45) is 14.1 Å². The Kier molecular flexibility index (Phi) is 4.77. The fourth-order valence-corrected chi connectivity index (χ4v) is 4.87. The van der Waals surface area contributed by atoms with E-state index in [9.17, 15) is 14.4 Å². The summed E-state index contributed by atoms with van der Waals surface area (Å²) in [6.45, 7) is -0.122. The van der Waals surface area contributed by atoms with E-state index in [0.717, 1.165) is 18.9 Å². The monoisotopic (exact) mass is 480 g/mol. The molecule has 0 aliphatic heterocycles. The third-order valence-electron chi connectivity index (χ3n) is 4.11. The number of aromatic nitrogens is 5. The van der Waals surface area contributed by atoms with Gasteiger partial charge in [-0.05, 0) is 28.1 Å². The number of imidazole rings is 1. The van der Waals surface area contributed by atoms with Crippen LogP contribution in [0, 0.1) is 0 Å². The number of hydrogen-bond donors (Lipinski definition) is 1. The molecule has 4 rings (SSSR count). The molecule has 4 aromatic rings. The van der Waals surface area contributed by atoms with E-state index in [-0.39, 0.29) is 23.6 Å². The highest BCUT2D eigenvalue weighted by Gasteiger charge is 2.16. The van der Waals surface area contributed by atoms with E-state index in [1.807, 2.05) is 17.5 Å². The highest BCUT2D eigenvalue weighted by Crippen LogP contribution is 2.33. The number of hydrogen-bond acceptors (Lipinski definition) is 7. The summed E-state index contributed by atoms with van der Waals surface area (Å²) in [5.74, 6) is -0.344. The van der Waals surface area contributed by atoms with Crippen molar-refractivity contribution >= 4 is 60.8 Å². The molecule has 0 radical (unpaired) electrons. The van der Waals surface area contributed by atoms with Gasteiger partial charge in [-0.25, -0.2) is 14.8 Å². The lowest BCUT2D eigenvalue weighted by Gasteiger charge is -2.06. The van der Waals surface area contributed by atoms with Crippen LogP contribution in [0.3, 0.4) is 0 Å². The summed E-state index contributed by atoms with van der Waals surface area (Å²) in [4.78, 5) is 46.4. The second kappa shape index (κ2) is 7.11. The third kappa shape index (κ3) is 3.23. The molecule has 0 saturated heterocycles. The maximum absolute atomic E-state index is 12.4. The summed E-state index contributed by atoms with van der Waals surface area (Å²) >= 11 is 6.29. The van der Waals surface area contributed by atoms with Gasteiger partial charge in [-0.15, -0.1) is 22.7 Å². The molecule has 1 amide bonds. The van der Waals surface area contributed by atoms with Crippen molar-refractivity contribution in [2.75, 3.05) is 5.32 Å². The van der Waals surface area contributed by atoms with E-state index < -0.39 is 11.2 Å². The molecule has 4 aromatic heterocycles. The topological polar surface area (TPSA) is 104 Å². The highest BCUT2D eigenvalue weighted by atomic mass is 79.9. The zero-order valence-electron chi connectivity index (χ0n) is 14.7. The van der Waals surface area contributed by atoms with E-state index in [0.29, 0.717) is 5.13 Å². The molecule has 1 N–H and O–H groups in total. The summed E-state index contributed by atoms with van der Waals surface area (Å²) in [6.07, 6.45) is 1.38. The van der Waals surface area contributed by atoms with Crippen LogP contribution in [0.25, 0.3) is 21.7 Å². The van der Waals surface area contributed by atoms with E-state index in [1.165, 1.54) is 40.9 Å². The molecule has 144 valence electrons. The van der Waals surface area contributed by atoms with E-state index in [1.54, 1.807) is 11.3 Å². The quantitative estimate of drug-likeness (QED) is 0.481. The average molecular weight is 481 g/mol. The van der Waals surface area contributed by atoms with Gasteiger partial charge in [0.1, 0.15) is 6.54 Å². The van der Waals surface area contributed by atoms with Crippen molar-refractivity contribution in [3.8, 4) is 10.6 Å². The van der Waals surface area contributed by atoms with Gasteiger partial charge in [0.05, 0.1) is 20.7 Å². The van der Waals surface area contributed by atoms with Crippen LogP contribution in [0.4, 0.5) is 5.13 Å². The van der Waals surface area contributed by atoms with Crippen molar-refractivity contribution in [1.29, 1.82) is 0 Å². The maximum Gasteiger partial charge on any atom is 0.332 e. The predicted octanol–water partition coefficient (Wildman–Crippen LogP) is 2.02. The molecule has 0 aromatic carbocycles. The first kappa shape index (κ1) is 18.8. The Morgan fingerprint density at radius 2 is 2.04 bits per heavy atom. The van der Waals surface area contributed by atoms with Crippen LogP contribution in [0.15, 0.2) is 37.2 Å². The Morgan fingerprint density at radius 1 is 1.25 bits per heavy atom. The smallest absolute Gasteiger partial charge is 0.315 e. The first-order valence-electron chi connectivity index (χ1n) is 7.97. The number of aryl methyl sites for hydroxylation is 1. The molecule has 9 nitrogen and oxygen atoms in total. The van der Waals surface area contributed by atoms with Crippen LogP contribution >= 0.6 is 38.6 Å². The number of fused-ring (bicyclic) bond motifs is 1. The van der Waals surface area contributed by atoms with Crippen LogP contribution in [0.1, 0.15) is 0 Å². The molecule has 28 heavy (non-hydrogen) atoms. The van der Waals surface area contributed by atoms with Crippen molar-refractivity contribution < 1.29 is 4.79 Å². The number of anilines is 1. The molecule has 0 atom stereocenters. The molecule has 0 saturated carbocycles. The second-order valence-electron chi connectivity index (χ2n) is 5.94. The van der Waals surface area contributed by atoms with Crippen LogP contribution in [0.5, 0.6) is 0 Å². The number of halogens is 1. The minimum atomic E-state index is -0.497. The minimum absolute atomic E-state index is 0.122. The van der Waals surface area contributed by atoms with Crippen molar-refractivity contribution in [2.45, 2.75) is 6.54 Å². The lowest BCUT2D eigenvalue weighted by atomic mass is 10.4. The van der Waals surface area contributed by atoms with Crippen LogP contribution in [-0.4, -0.2) is 29.6 Å². The number of carbonyl (C=O) groups excluding carboxylic acids is 1. The lowest BCUT2D eigenvalue weighted by Crippen LogP contribution is -2.37. The number of thiophene rings is 1. The number of thiazole rings is 1. The Balaban J connectivity index is 1.57. The molecule has 0 aliphatic carbocycles. The van der Waals surface area contributed by atoms with Gasteiger partial charge in [-0.3, -0.25) is 18.7 Å². The maximum atomic E-state index is 12.4. The average Bonchev–Trinajstić information content (AvgIpc) is 3.38. The summed E-state index contributed by atoms with van der Waals surface area (Å²) < 4.78 is 4.70.